The molecule has 3 fully saturated rings. The van der Waals surface area contributed by atoms with Gasteiger partial charge < -0.3 is 4.74 Å². The topological polar surface area (TPSA) is 9.23 Å². The van der Waals surface area contributed by atoms with Gasteiger partial charge in [0.25, 0.3) is 0 Å². The summed E-state index contributed by atoms with van der Waals surface area (Å²) in [7, 11) is 1.72. The van der Waals surface area contributed by atoms with E-state index in [-0.39, 0.29) is 0 Å². The molecule has 80 valence electrons. The molecule has 0 N–H and O–H groups in total. The van der Waals surface area contributed by atoms with Crippen LogP contribution in [-0.4, -0.2) is 13.0 Å². The molecule has 3 aliphatic carbocycles. The molecule has 15 heavy (non-hydrogen) atoms. The number of ether oxygens (including phenoxy) is 1. The van der Waals surface area contributed by atoms with Gasteiger partial charge in [-0.15, -0.1) is 11.6 Å². The molecule has 3 saturated carbocycles. The zero-order valence-corrected chi connectivity index (χ0v) is 9.68. The first-order chi connectivity index (χ1) is 7.22. The van der Waals surface area contributed by atoms with E-state index in [0.29, 0.717) is 10.8 Å². The van der Waals surface area contributed by atoms with Crippen molar-refractivity contribution >= 4 is 11.6 Å². The first-order valence-corrected chi connectivity index (χ1v) is 5.96. The summed E-state index contributed by atoms with van der Waals surface area (Å²) in [4.78, 5) is 0. The lowest BCUT2D eigenvalue weighted by molar-refractivity contribution is -0.122. The summed E-state index contributed by atoms with van der Waals surface area (Å²) < 4.78 is 5.26. The van der Waals surface area contributed by atoms with Crippen molar-refractivity contribution in [3.05, 3.63) is 29.8 Å². The quantitative estimate of drug-likeness (QED) is 0.713. The smallest absolute Gasteiger partial charge is 0.119 e. The number of hydrogen-bond donors (Lipinski definition) is 0. The van der Waals surface area contributed by atoms with Crippen molar-refractivity contribution < 1.29 is 4.74 Å². The van der Waals surface area contributed by atoms with Crippen molar-refractivity contribution in [3.63, 3.8) is 0 Å². The molecule has 3 aliphatic rings. The maximum atomic E-state index is 5.97. The molecule has 0 unspecified atom stereocenters. The van der Waals surface area contributed by atoms with Crippen molar-refractivity contribution in [2.45, 2.75) is 24.7 Å². The molecule has 0 atom stereocenters. The Labute approximate surface area is 95.4 Å². The van der Waals surface area contributed by atoms with E-state index in [1.165, 1.54) is 24.8 Å². The number of rotatable bonds is 3. The molecule has 1 nitrogen and oxygen atoms in total. The van der Waals surface area contributed by atoms with Crippen LogP contribution in [-0.2, 0) is 5.41 Å². The standard InChI is InChI=1S/C13H15ClO/c1-15-11-4-2-3-10(5-11)13-6-12(7-13,8-13)9-14/h2-5H,6-9H2,1H3. The average molecular weight is 223 g/mol. The molecule has 0 aromatic heterocycles. The first kappa shape index (κ1) is 9.53. The lowest BCUT2D eigenvalue weighted by atomic mass is 9.34. The van der Waals surface area contributed by atoms with Gasteiger partial charge in [-0.05, 0) is 47.8 Å². The van der Waals surface area contributed by atoms with Crippen molar-refractivity contribution in [2.75, 3.05) is 13.0 Å². The number of hydrogen-bond acceptors (Lipinski definition) is 1. The molecule has 2 heteroatoms. The maximum Gasteiger partial charge on any atom is 0.119 e. The number of methoxy groups -OCH3 is 1. The summed E-state index contributed by atoms with van der Waals surface area (Å²) in [5.74, 6) is 1.80. The zero-order chi connectivity index (χ0) is 10.5. The minimum Gasteiger partial charge on any atom is -0.497 e. The Balaban J connectivity index is 1.84. The highest BCUT2D eigenvalue weighted by Crippen LogP contribution is 2.73. The van der Waals surface area contributed by atoms with Gasteiger partial charge in [0.1, 0.15) is 5.75 Å². The largest absolute Gasteiger partial charge is 0.497 e. The molecule has 1 aromatic rings. The Bertz CT molecular complexity index is 380. The monoisotopic (exact) mass is 222 g/mol. The molecule has 4 rings (SSSR count). The zero-order valence-electron chi connectivity index (χ0n) is 8.92. The van der Waals surface area contributed by atoms with Crippen LogP contribution in [0.5, 0.6) is 5.75 Å². The van der Waals surface area contributed by atoms with E-state index >= 15 is 0 Å². The third-order valence-electron chi connectivity index (χ3n) is 4.11. The van der Waals surface area contributed by atoms with Crippen molar-refractivity contribution in [1.29, 1.82) is 0 Å². The molecule has 2 bridgehead atoms. The lowest BCUT2D eigenvalue weighted by Crippen LogP contribution is -2.65. The van der Waals surface area contributed by atoms with Gasteiger partial charge in [0.15, 0.2) is 0 Å². The van der Waals surface area contributed by atoms with Crippen LogP contribution in [0.25, 0.3) is 0 Å². The van der Waals surface area contributed by atoms with E-state index < -0.39 is 0 Å². The number of halogens is 1. The van der Waals surface area contributed by atoms with Crippen LogP contribution in [0.15, 0.2) is 24.3 Å². The highest BCUT2D eigenvalue weighted by Gasteiger charge is 2.67. The van der Waals surface area contributed by atoms with E-state index in [4.69, 9.17) is 16.3 Å². The van der Waals surface area contributed by atoms with Crippen LogP contribution in [0.3, 0.4) is 0 Å². The van der Waals surface area contributed by atoms with Crippen molar-refractivity contribution in [1.82, 2.24) is 0 Å². The molecule has 0 spiro atoms. The summed E-state index contributed by atoms with van der Waals surface area (Å²) in [5.41, 5.74) is 2.38. The molecule has 0 saturated heterocycles. The summed E-state index contributed by atoms with van der Waals surface area (Å²) in [6, 6.07) is 8.49. The summed E-state index contributed by atoms with van der Waals surface area (Å²) in [5, 5.41) is 0. The van der Waals surface area contributed by atoms with Crippen LogP contribution < -0.4 is 4.74 Å². The second kappa shape index (κ2) is 2.91. The second-order valence-corrected chi connectivity index (χ2v) is 5.44. The Morgan fingerprint density at radius 2 is 2.07 bits per heavy atom. The summed E-state index contributed by atoms with van der Waals surface area (Å²) in [6.45, 7) is 0. The molecular weight excluding hydrogens is 208 g/mol. The maximum absolute atomic E-state index is 5.97. The second-order valence-electron chi connectivity index (χ2n) is 5.18. The number of benzene rings is 1. The Kier molecular flexibility index (Phi) is 1.85. The van der Waals surface area contributed by atoms with Crippen LogP contribution in [0, 0.1) is 5.41 Å². The Morgan fingerprint density at radius 1 is 1.33 bits per heavy atom. The molecule has 0 aliphatic heterocycles. The van der Waals surface area contributed by atoms with Crippen LogP contribution in [0.1, 0.15) is 24.8 Å². The van der Waals surface area contributed by atoms with Crippen LogP contribution in [0.2, 0.25) is 0 Å². The van der Waals surface area contributed by atoms with Gasteiger partial charge in [0, 0.05) is 5.88 Å². The molecular formula is C13H15ClO. The predicted octanol–water partition coefficient (Wildman–Crippen LogP) is 3.36. The van der Waals surface area contributed by atoms with Gasteiger partial charge >= 0.3 is 0 Å². The molecule has 0 amide bonds. The van der Waals surface area contributed by atoms with Gasteiger partial charge in [-0.1, -0.05) is 12.1 Å². The summed E-state index contributed by atoms with van der Waals surface area (Å²) >= 11 is 5.97. The van der Waals surface area contributed by atoms with Crippen molar-refractivity contribution in [3.8, 4) is 5.75 Å². The molecule has 0 radical (unpaired) electrons. The van der Waals surface area contributed by atoms with Gasteiger partial charge in [-0.25, -0.2) is 0 Å². The fourth-order valence-corrected chi connectivity index (χ4v) is 3.68. The third-order valence-corrected chi connectivity index (χ3v) is 4.67. The van der Waals surface area contributed by atoms with Crippen LogP contribution in [0.4, 0.5) is 0 Å². The summed E-state index contributed by atoms with van der Waals surface area (Å²) in [6.07, 6.45) is 3.82. The highest BCUT2D eigenvalue weighted by molar-refractivity contribution is 6.18. The van der Waals surface area contributed by atoms with Gasteiger partial charge in [-0.3, -0.25) is 0 Å². The molecule has 0 heterocycles. The van der Waals surface area contributed by atoms with Gasteiger partial charge in [0.05, 0.1) is 7.11 Å². The number of alkyl halides is 1. The Morgan fingerprint density at radius 3 is 2.67 bits per heavy atom. The average Bonchev–Trinajstić information content (AvgIpc) is 2.15. The minimum atomic E-state index is 0.448. The fraction of sp³-hybridized carbons (Fsp3) is 0.538. The fourth-order valence-electron chi connectivity index (χ4n) is 3.40. The SMILES string of the molecule is COc1cccc(C23CC(CCl)(C2)C3)c1. The predicted molar refractivity (Wildman–Crippen MR) is 61.7 cm³/mol. The van der Waals surface area contributed by atoms with Crippen molar-refractivity contribution in [2.24, 2.45) is 5.41 Å². The third kappa shape index (κ3) is 1.16. The minimum absolute atomic E-state index is 0.448. The van der Waals surface area contributed by atoms with Gasteiger partial charge in [-0.2, -0.15) is 0 Å². The highest BCUT2D eigenvalue weighted by atomic mass is 35.5. The van der Waals surface area contributed by atoms with E-state index in [0.717, 1.165) is 11.6 Å². The van der Waals surface area contributed by atoms with Gasteiger partial charge in [0.2, 0.25) is 0 Å². The Hall–Kier alpha value is -0.690. The normalized spacial score (nSPS) is 36.7. The van der Waals surface area contributed by atoms with E-state index in [1.54, 1.807) is 7.11 Å². The van der Waals surface area contributed by atoms with Crippen LogP contribution >= 0.6 is 11.6 Å². The first-order valence-electron chi connectivity index (χ1n) is 5.43. The van der Waals surface area contributed by atoms with E-state index in [9.17, 15) is 0 Å². The van der Waals surface area contributed by atoms with E-state index in [1.807, 2.05) is 6.07 Å². The lowest BCUT2D eigenvalue weighted by Gasteiger charge is -2.71. The molecule has 1 aromatic carbocycles. The van der Waals surface area contributed by atoms with E-state index in [2.05, 4.69) is 18.2 Å².